The average molecular weight is 254 g/mol. The van der Waals surface area contributed by atoms with Gasteiger partial charge in [-0.05, 0) is 45.6 Å². The van der Waals surface area contributed by atoms with Crippen molar-refractivity contribution < 1.29 is 9.47 Å². The van der Waals surface area contributed by atoms with Crippen LogP contribution in [0.15, 0.2) is 12.3 Å². The maximum absolute atomic E-state index is 5.62. The lowest BCUT2D eigenvalue weighted by Gasteiger charge is -2.31. The van der Waals surface area contributed by atoms with Gasteiger partial charge >= 0.3 is 0 Å². The van der Waals surface area contributed by atoms with Gasteiger partial charge in [0, 0.05) is 18.3 Å². The highest BCUT2D eigenvalue weighted by atomic mass is 16.7. The highest BCUT2D eigenvalue weighted by molar-refractivity contribution is 4.96. The molecule has 2 fully saturated rings. The van der Waals surface area contributed by atoms with Gasteiger partial charge < -0.3 is 20.1 Å². The maximum atomic E-state index is 5.62. The van der Waals surface area contributed by atoms with E-state index < -0.39 is 0 Å². The third-order valence-electron chi connectivity index (χ3n) is 3.93. The summed E-state index contributed by atoms with van der Waals surface area (Å²) in [4.78, 5) is 0. The van der Waals surface area contributed by atoms with Gasteiger partial charge in [-0.3, -0.25) is 0 Å². The number of likely N-dealkylation sites (N-methyl/N-ethyl adjacent to an activating group) is 1. The van der Waals surface area contributed by atoms with Crippen LogP contribution in [0.1, 0.15) is 32.6 Å². The summed E-state index contributed by atoms with van der Waals surface area (Å²) in [5.41, 5.74) is 1.07. The van der Waals surface area contributed by atoms with E-state index in [9.17, 15) is 0 Å². The second kappa shape index (κ2) is 6.55. The number of fused-ring (bicyclic) bond motifs is 1. The van der Waals surface area contributed by atoms with E-state index in [1.54, 1.807) is 0 Å². The van der Waals surface area contributed by atoms with Gasteiger partial charge in [-0.2, -0.15) is 0 Å². The quantitative estimate of drug-likeness (QED) is 0.756. The van der Waals surface area contributed by atoms with Crippen molar-refractivity contribution in [1.82, 2.24) is 10.6 Å². The van der Waals surface area contributed by atoms with Crippen LogP contribution < -0.4 is 10.6 Å². The monoisotopic (exact) mass is 254 g/mol. The molecule has 0 aromatic carbocycles. The van der Waals surface area contributed by atoms with Crippen LogP contribution >= 0.6 is 0 Å². The molecule has 4 atom stereocenters. The van der Waals surface area contributed by atoms with Crippen molar-refractivity contribution in [2.75, 3.05) is 20.4 Å². The van der Waals surface area contributed by atoms with E-state index in [2.05, 4.69) is 24.1 Å². The molecule has 4 unspecified atom stereocenters. The first-order valence-corrected chi connectivity index (χ1v) is 7.01. The number of nitrogens with one attached hydrogen (secondary N) is 2. The number of ether oxygens (including phenoxy) is 2. The summed E-state index contributed by atoms with van der Waals surface area (Å²) < 4.78 is 11.2. The third kappa shape index (κ3) is 3.70. The van der Waals surface area contributed by atoms with E-state index in [4.69, 9.17) is 9.47 Å². The largest absolute Gasteiger partial charge is 0.385 e. The molecule has 0 radical (unpaired) electrons. The SMILES string of the molecule is C=C(CNC)NC(C)CC1CCC2OCOC2C1. The van der Waals surface area contributed by atoms with Crippen molar-refractivity contribution in [3.8, 4) is 0 Å². The van der Waals surface area contributed by atoms with Crippen molar-refractivity contribution in [2.45, 2.75) is 50.9 Å². The van der Waals surface area contributed by atoms with Gasteiger partial charge in [0.15, 0.2) is 0 Å². The molecule has 4 nitrogen and oxygen atoms in total. The molecule has 104 valence electrons. The molecular formula is C14H26N2O2. The van der Waals surface area contributed by atoms with E-state index in [1.807, 2.05) is 7.05 Å². The third-order valence-corrected chi connectivity index (χ3v) is 3.93. The van der Waals surface area contributed by atoms with E-state index in [1.165, 1.54) is 12.8 Å². The molecule has 0 bridgehead atoms. The summed E-state index contributed by atoms with van der Waals surface area (Å²) in [6, 6.07) is 0.481. The number of hydrogen-bond acceptors (Lipinski definition) is 4. The topological polar surface area (TPSA) is 42.5 Å². The molecular weight excluding hydrogens is 228 g/mol. The summed E-state index contributed by atoms with van der Waals surface area (Å²) in [6.45, 7) is 7.57. The molecule has 0 aromatic rings. The van der Waals surface area contributed by atoms with Crippen LogP contribution in [-0.4, -0.2) is 38.6 Å². The van der Waals surface area contributed by atoms with Gasteiger partial charge in [-0.25, -0.2) is 0 Å². The molecule has 2 rings (SSSR count). The minimum atomic E-state index is 0.344. The number of hydrogen-bond donors (Lipinski definition) is 2. The maximum Gasteiger partial charge on any atom is 0.147 e. The molecule has 0 amide bonds. The predicted octanol–water partition coefficient (Wildman–Crippen LogP) is 1.63. The van der Waals surface area contributed by atoms with Gasteiger partial charge in [0.05, 0.1) is 12.2 Å². The van der Waals surface area contributed by atoms with Crippen LogP contribution in [0.3, 0.4) is 0 Å². The summed E-state index contributed by atoms with van der Waals surface area (Å²) in [7, 11) is 1.94. The smallest absolute Gasteiger partial charge is 0.147 e. The fourth-order valence-electron chi connectivity index (χ4n) is 3.15. The van der Waals surface area contributed by atoms with Crippen molar-refractivity contribution in [1.29, 1.82) is 0 Å². The molecule has 1 aliphatic carbocycles. The van der Waals surface area contributed by atoms with Crippen LogP contribution in [0.4, 0.5) is 0 Å². The van der Waals surface area contributed by atoms with Gasteiger partial charge in [-0.15, -0.1) is 0 Å². The van der Waals surface area contributed by atoms with E-state index in [-0.39, 0.29) is 0 Å². The van der Waals surface area contributed by atoms with Gasteiger partial charge in [0.2, 0.25) is 0 Å². The van der Waals surface area contributed by atoms with Crippen LogP contribution in [0.25, 0.3) is 0 Å². The Morgan fingerprint density at radius 3 is 2.89 bits per heavy atom. The fraction of sp³-hybridized carbons (Fsp3) is 0.857. The molecule has 0 spiro atoms. The predicted molar refractivity (Wildman–Crippen MR) is 72.2 cm³/mol. The molecule has 2 aliphatic rings. The first-order valence-electron chi connectivity index (χ1n) is 7.01. The van der Waals surface area contributed by atoms with Crippen LogP contribution in [0.5, 0.6) is 0 Å². The van der Waals surface area contributed by atoms with E-state index in [0.29, 0.717) is 25.0 Å². The second-order valence-corrected chi connectivity index (χ2v) is 5.62. The fourth-order valence-corrected chi connectivity index (χ4v) is 3.15. The Balaban J connectivity index is 1.71. The van der Waals surface area contributed by atoms with Crippen LogP contribution in [0, 0.1) is 5.92 Å². The van der Waals surface area contributed by atoms with Gasteiger partial charge in [0.1, 0.15) is 6.79 Å². The Morgan fingerprint density at radius 1 is 1.33 bits per heavy atom. The lowest BCUT2D eigenvalue weighted by Crippen LogP contribution is -2.36. The van der Waals surface area contributed by atoms with Crippen LogP contribution in [0.2, 0.25) is 0 Å². The zero-order valence-corrected chi connectivity index (χ0v) is 11.6. The van der Waals surface area contributed by atoms with Crippen molar-refractivity contribution in [3.63, 3.8) is 0 Å². The summed E-state index contributed by atoms with van der Waals surface area (Å²) in [6.07, 6.45) is 5.46. The van der Waals surface area contributed by atoms with E-state index in [0.717, 1.165) is 31.0 Å². The highest BCUT2D eigenvalue weighted by Gasteiger charge is 2.36. The Kier molecular flexibility index (Phi) is 5.03. The molecule has 1 heterocycles. The van der Waals surface area contributed by atoms with Gasteiger partial charge in [0.25, 0.3) is 0 Å². The molecule has 1 saturated heterocycles. The lowest BCUT2D eigenvalue weighted by molar-refractivity contribution is 0.0386. The average Bonchev–Trinajstić information content (AvgIpc) is 2.76. The molecule has 18 heavy (non-hydrogen) atoms. The molecule has 1 aliphatic heterocycles. The van der Waals surface area contributed by atoms with E-state index >= 15 is 0 Å². The van der Waals surface area contributed by atoms with Crippen LogP contribution in [-0.2, 0) is 9.47 Å². The molecule has 2 N–H and O–H groups in total. The normalized spacial score (nSPS) is 32.9. The Labute approximate surface area is 110 Å². The molecule has 0 aromatic heterocycles. The van der Waals surface area contributed by atoms with Gasteiger partial charge in [-0.1, -0.05) is 6.58 Å². The molecule has 1 saturated carbocycles. The summed E-state index contributed by atoms with van der Waals surface area (Å²) in [5.74, 6) is 0.748. The zero-order chi connectivity index (χ0) is 13.0. The van der Waals surface area contributed by atoms with Crippen molar-refractivity contribution >= 4 is 0 Å². The second-order valence-electron chi connectivity index (χ2n) is 5.62. The van der Waals surface area contributed by atoms with Crippen molar-refractivity contribution in [3.05, 3.63) is 12.3 Å². The highest BCUT2D eigenvalue weighted by Crippen LogP contribution is 2.34. The Morgan fingerprint density at radius 2 is 2.11 bits per heavy atom. The minimum absolute atomic E-state index is 0.344. The Hall–Kier alpha value is -0.580. The summed E-state index contributed by atoms with van der Waals surface area (Å²) in [5, 5.41) is 6.57. The molecule has 4 heteroatoms. The Bertz CT molecular complexity index is 283. The summed E-state index contributed by atoms with van der Waals surface area (Å²) >= 11 is 0. The van der Waals surface area contributed by atoms with Crippen molar-refractivity contribution in [2.24, 2.45) is 5.92 Å². The lowest BCUT2D eigenvalue weighted by atomic mass is 9.82. The first-order chi connectivity index (χ1) is 8.69. The number of rotatable bonds is 6. The zero-order valence-electron chi connectivity index (χ0n) is 11.6. The standard InChI is InChI=1S/C14H26N2O2/c1-10(16-11(2)8-15-3)6-12-4-5-13-14(7-12)18-9-17-13/h10,12-16H,2,4-9H2,1,3H3. The first kappa shape index (κ1) is 13.8. The minimum Gasteiger partial charge on any atom is -0.385 e.